The number of nitrogens with zero attached hydrogens (tertiary/aromatic N) is 2. The number of aryl methyl sites for hydroxylation is 1. The first kappa shape index (κ1) is 19.4. The molecule has 2 aromatic rings. The zero-order valence-electron chi connectivity index (χ0n) is 15.6. The van der Waals surface area contributed by atoms with E-state index in [1.54, 1.807) is 6.07 Å². The number of hydrogen-bond acceptors (Lipinski definition) is 4. The van der Waals surface area contributed by atoms with Crippen molar-refractivity contribution in [1.29, 1.82) is 0 Å². The monoisotopic (exact) mass is 384 g/mol. The molecule has 0 saturated heterocycles. The summed E-state index contributed by atoms with van der Waals surface area (Å²) < 4.78 is 0. The second-order valence-electron chi connectivity index (χ2n) is 6.78. The molecular weight excluding hydrogens is 360 g/mol. The van der Waals surface area contributed by atoms with Crippen molar-refractivity contribution in [2.24, 2.45) is 0 Å². The fourth-order valence-corrected chi connectivity index (χ4v) is 3.34. The van der Waals surface area contributed by atoms with Gasteiger partial charge in [0.25, 0.3) is 5.91 Å². The second kappa shape index (κ2) is 9.51. The number of aromatic nitrogens is 2. The van der Waals surface area contributed by atoms with Crippen molar-refractivity contribution >= 4 is 23.5 Å². The van der Waals surface area contributed by atoms with Crippen LogP contribution in [0.15, 0.2) is 42.0 Å². The largest absolute Gasteiger partial charge is 0.354 e. The average Bonchev–Trinajstić information content (AvgIpc) is 2.67. The lowest BCUT2D eigenvalue weighted by Crippen LogP contribution is -2.24. The normalized spacial score (nSPS) is 13.8. The first-order valence-electron chi connectivity index (χ1n) is 9.41. The van der Waals surface area contributed by atoms with E-state index in [9.17, 15) is 4.79 Å². The number of benzene rings is 1. The lowest BCUT2D eigenvalue weighted by atomic mass is 9.97. The molecule has 1 aliphatic carbocycles. The zero-order chi connectivity index (χ0) is 19.1. The summed E-state index contributed by atoms with van der Waals surface area (Å²) in [6.45, 7) is 3.00. The Kier molecular flexibility index (Phi) is 6.82. The van der Waals surface area contributed by atoms with Gasteiger partial charge in [-0.3, -0.25) is 4.79 Å². The summed E-state index contributed by atoms with van der Waals surface area (Å²) in [5.74, 6) is 0.257. The first-order chi connectivity index (χ1) is 13.1. The van der Waals surface area contributed by atoms with Crippen LogP contribution >= 0.6 is 11.6 Å². The molecule has 2 N–H and O–H groups in total. The number of nitrogens with one attached hydrogen (secondary N) is 2. The van der Waals surface area contributed by atoms with Gasteiger partial charge in [-0.25, -0.2) is 9.97 Å². The molecule has 1 heterocycles. The fraction of sp³-hybridized carbons (Fsp3) is 0.381. The van der Waals surface area contributed by atoms with E-state index in [0.717, 1.165) is 24.2 Å². The molecule has 142 valence electrons. The maximum Gasteiger partial charge on any atom is 0.270 e. The Morgan fingerprint density at radius 3 is 2.85 bits per heavy atom. The maximum atomic E-state index is 12.5. The Morgan fingerprint density at radius 2 is 2.07 bits per heavy atom. The quantitative estimate of drug-likeness (QED) is 0.680. The second-order valence-corrected chi connectivity index (χ2v) is 7.18. The Labute approximate surface area is 165 Å². The summed E-state index contributed by atoms with van der Waals surface area (Å²) in [5.41, 5.74) is 3.48. The molecule has 0 atom stereocenters. The van der Waals surface area contributed by atoms with Crippen molar-refractivity contribution in [2.45, 2.75) is 45.6 Å². The Hall–Kier alpha value is -2.40. The molecular formula is C21H25ClN4O. The van der Waals surface area contributed by atoms with Gasteiger partial charge in [0, 0.05) is 23.8 Å². The van der Waals surface area contributed by atoms with Gasteiger partial charge in [0.1, 0.15) is 5.69 Å². The van der Waals surface area contributed by atoms with E-state index in [1.807, 2.05) is 31.2 Å². The maximum absolute atomic E-state index is 12.5. The van der Waals surface area contributed by atoms with E-state index in [-0.39, 0.29) is 5.91 Å². The number of carbonyl (C=O) groups is 1. The summed E-state index contributed by atoms with van der Waals surface area (Å²) in [7, 11) is 0. The van der Waals surface area contributed by atoms with Gasteiger partial charge in [0.05, 0.1) is 0 Å². The van der Waals surface area contributed by atoms with Crippen LogP contribution in [0.4, 0.5) is 5.95 Å². The van der Waals surface area contributed by atoms with E-state index in [0.29, 0.717) is 23.2 Å². The summed E-state index contributed by atoms with van der Waals surface area (Å²) >= 11 is 6.13. The Bertz CT molecular complexity index is 835. The third-order valence-corrected chi connectivity index (χ3v) is 4.97. The van der Waals surface area contributed by atoms with E-state index in [1.165, 1.54) is 31.3 Å². The van der Waals surface area contributed by atoms with E-state index in [4.69, 9.17) is 11.6 Å². The van der Waals surface area contributed by atoms with Crippen molar-refractivity contribution in [2.75, 3.05) is 11.9 Å². The van der Waals surface area contributed by atoms with Crippen LogP contribution < -0.4 is 10.6 Å². The highest BCUT2D eigenvalue weighted by Crippen LogP contribution is 2.20. The molecule has 1 amide bonds. The molecule has 0 bridgehead atoms. The van der Waals surface area contributed by atoms with Crippen LogP contribution in [0.25, 0.3) is 0 Å². The van der Waals surface area contributed by atoms with E-state index in [2.05, 4.69) is 26.7 Å². The summed E-state index contributed by atoms with van der Waals surface area (Å²) in [4.78, 5) is 21.2. The van der Waals surface area contributed by atoms with Gasteiger partial charge in [-0.1, -0.05) is 41.4 Å². The summed E-state index contributed by atoms with van der Waals surface area (Å²) in [6.07, 6.45) is 8.28. The van der Waals surface area contributed by atoms with Crippen LogP contribution in [0, 0.1) is 6.92 Å². The van der Waals surface area contributed by atoms with Crippen LogP contribution in [0.3, 0.4) is 0 Å². The minimum atomic E-state index is -0.238. The highest BCUT2D eigenvalue weighted by atomic mass is 35.5. The molecule has 1 aromatic carbocycles. The minimum absolute atomic E-state index is 0.238. The zero-order valence-corrected chi connectivity index (χ0v) is 16.4. The van der Waals surface area contributed by atoms with Crippen molar-refractivity contribution in [3.05, 3.63) is 64.0 Å². The van der Waals surface area contributed by atoms with Crippen LogP contribution in [-0.2, 0) is 6.54 Å². The SMILES string of the molecule is Cc1cc(C(=O)NCc2ccccc2Cl)nc(NCCC2=CCCCC2)n1. The average molecular weight is 385 g/mol. The van der Waals surface area contributed by atoms with Crippen LogP contribution in [0.2, 0.25) is 5.02 Å². The van der Waals surface area contributed by atoms with Gasteiger partial charge < -0.3 is 10.6 Å². The van der Waals surface area contributed by atoms with Crippen molar-refractivity contribution in [3.8, 4) is 0 Å². The molecule has 5 nitrogen and oxygen atoms in total. The third kappa shape index (κ3) is 5.79. The fourth-order valence-electron chi connectivity index (χ4n) is 3.14. The Morgan fingerprint density at radius 1 is 1.22 bits per heavy atom. The highest BCUT2D eigenvalue weighted by Gasteiger charge is 2.11. The van der Waals surface area contributed by atoms with Gasteiger partial charge in [0.2, 0.25) is 5.95 Å². The molecule has 0 unspecified atom stereocenters. The first-order valence-corrected chi connectivity index (χ1v) is 9.78. The summed E-state index contributed by atoms with van der Waals surface area (Å²) in [6, 6.07) is 9.15. The lowest BCUT2D eigenvalue weighted by Gasteiger charge is -2.13. The number of hydrogen-bond donors (Lipinski definition) is 2. The minimum Gasteiger partial charge on any atom is -0.354 e. The summed E-state index contributed by atoms with van der Waals surface area (Å²) in [5, 5.41) is 6.75. The number of allylic oxidation sites excluding steroid dienone is 1. The number of halogens is 1. The highest BCUT2D eigenvalue weighted by molar-refractivity contribution is 6.31. The van der Waals surface area contributed by atoms with Gasteiger partial charge in [-0.2, -0.15) is 0 Å². The van der Waals surface area contributed by atoms with Gasteiger partial charge in [-0.05, 0) is 56.7 Å². The third-order valence-electron chi connectivity index (χ3n) is 4.60. The van der Waals surface area contributed by atoms with Gasteiger partial charge >= 0.3 is 0 Å². The topological polar surface area (TPSA) is 66.9 Å². The van der Waals surface area contributed by atoms with Crippen LogP contribution in [0.5, 0.6) is 0 Å². The molecule has 0 fully saturated rings. The molecule has 0 aliphatic heterocycles. The van der Waals surface area contributed by atoms with Crippen molar-refractivity contribution in [3.63, 3.8) is 0 Å². The molecule has 0 spiro atoms. The number of rotatable bonds is 7. The lowest BCUT2D eigenvalue weighted by molar-refractivity contribution is 0.0946. The van der Waals surface area contributed by atoms with E-state index < -0.39 is 0 Å². The van der Waals surface area contributed by atoms with Crippen LogP contribution in [0.1, 0.15) is 53.8 Å². The number of amides is 1. The van der Waals surface area contributed by atoms with Crippen LogP contribution in [-0.4, -0.2) is 22.4 Å². The molecule has 6 heteroatoms. The molecule has 27 heavy (non-hydrogen) atoms. The van der Waals surface area contributed by atoms with Gasteiger partial charge in [-0.15, -0.1) is 0 Å². The molecule has 0 saturated carbocycles. The van der Waals surface area contributed by atoms with E-state index >= 15 is 0 Å². The van der Waals surface area contributed by atoms with Crippen molar-refractivity contribution < 1.29 is 4.79 Å². The molecule has 3 rings (SSSR count). The smallest absolute Gasteiger partial charge is 0.270 e. The van der Waals surface area contributed by atoms with Crippen molar-refractivity contribution in [1.82, 2.24) is 15.3 Å². The predicted octanol–water partition coefficient (Wildman–Crippen LogP) is 4.67. The standard InChI is InChI=1S/C21H25ClN4O/c1-15-13-19(20(27)24-14-17-9-5-6-10-18(17)22)26-21(25-15)23-12-11-16-7-3-2-4-8-16/h5-7,9-10,13H,2-4,8,11-12,14H2,1H3,(H,24,27)(H,23,25,26). The Balaban J connectivity index is 1.57. The predicted molar refractivity (Wildman–Crippen MR) is 109 cm³/mol. The van der Waals surface area contributed by atoms with Gasteiger partial charge in [0.15, 0.2) is 0 Å². The molecule has 1 aromatic heterocycles. The molecule has 0 radical (unpaired) electrons. The number of anilines is 1. The number of carbonyl (C=O) groups excluding carboxylic acids is 1. The molecule has 1 aliphatic rings.